The van der Waals surface area contributed by atoms with Crippen LogP contribution in [0.25, 0.3) is 0 Å². The summed E-state index contributed by atoms with van der Waals surface area (Å²) in [5.41, 5.74) is 5.41. The number of benzene rings is 7. The molecule has 0 aromatic heterocycles. The van der Waals surface area contributed by atoms with Crippen molar-refractivity contribution < 1.29 is 96.2 Å². The van der Waals surface area contributed by atoms with E-state index >= 15 is 0 Å². The van der Waals surface area contributed by atoms with E-state index in [2.05, 4.69) is 185 Å². The van der Waals surface area contributed by atoms with Gasteiger partial charge in [-0.05, 0) is 183 Å². The third kappa shape index (κ3) is 56.5. The van der Waals surface area contributed by atoms with E-state index in [1.165, 1.54) is 6.42 Å². The molecule has 0 spiro atoms. The lowest BCUT2D eigenvalue weighted by Crippen LogP contribution is -2.36. The highest BCUT2D eigenvalue weighted by molar-refractivity contribution is 5.89. The number of carbonyl (C=O) groups is 6. The van der Waals surface area contributed by atoms with Gasteiger partial charge in [0.05, 0.1) is 51.3 Å². The number of carbonyl (C=O) groups excluding carboxylic acids is 2. The molecule has 2 saturated heterocycles. The standard InChI is InChI=1S/C26H30O2.C25H27FO.C19H28O4.C18H34O4.C8H16O2.C7H14O2.C6H12O2.C5H10O2/c1-21(2)19-25(27-3)20-28-26(22-13-7-4-8-14-22,23-15-9-5-10-16-23)24-17-11-6-12-18-24;1-20(2)18-24(26)19-27-25(21-12-6-3-7-13-21,22-14-8-4-9-15-22)23-16-10-5-11-17-23;1-15(2)12-16(13-22-18-10-6-7-11-21-18)14-23-19(20)17-8-4-3-5-9-17;1-4-5-6-9-17(19)21-13-16(12-15(2)3)14-22-18-10-7-8-11-20-18;1-7(2)5-3-4-6-8(9)10;1-6(2)4-3-5-7(8)9;1-5(2)3-4-6(7)8;1-4(2)3-5(6)7/h4-18,21,25H,19-20H2,1-3H3;3-17,20,24H,18-19H2,1-2H3;3-5,8-9,15-16,18H,6-7,10-14H2,1-2H3;15-16,18H,4-14H2,1-3H3;7H,3-6H2,1-2H3,(H,9,10);6H,3-5H2,1-2H3,(H,8,9);5H,3-4H2,1-2H3,(H,7,8);4H,3H2,1-2H3,(H,6,7). The van der Waals surface area contributed by atoms with Crippen molar-refractivity contribution >= 4 is 35.8 Å². The van der Waals surface area contributed by atoms with Crippen LogP contribution < -0.4 is 0 Å². The van der Waals surface area contributed by atoms with Crippen LogP contribution in [0.15, 0.2) is 212 Å². The maximum atomic E-state index is 14.6. The molecule has 0 amide bonds. The molecule has 0 aliphatic carbocycles. The zero-order valence-electron chi connectivity index (χ0n) is 84.7. The Balaban J connectivity index is 0.000000543. The number of carboxylic acid groups (broad SMARTS) is 4. The Kier molecular flexibility index (Phi) is 66.2. The van der Waals surface area contributed by atoms with Crippen molar-refractivity contribution in [3.05, 3.63) is 251 Å². The second-order valence-corrected chi connectivity index (χ2v) is 38.3. The number of rotatable bonds is 50. The number of esters is 2. The fourth-order valence-electron chi connectivity index (χ4n) is 15.1. The molecule has 134 heavy (non-hydrogen) atoms. The van der Waals surface area contributed by atoms with Gasteiger partial charge in [0.2, 0.25) is 0 Å². The Bertz CT molecular complexity index is 3850. The van der Waals surface area contributed by atoms with Crippen molar-refractivity contribution in [2.45, 2.75) is 308 Å². The van der Waals surface area contributed by atoms with Crippen molar-refractivity contribution in [1.29, 1.82) is 0 Å². The first-order valence-corrected chi connectivity index (χ1v) is 49.6. The van der Waals surface area contributed by atoms with Crippen LogP contribution in [0, 0.1) is 59.2 Å². The number of unbranched alkanes of at least 4 members (excludes halogenated alkanes) is 3. The maximum Gasteiger partial charge on any atom is 0.338 e. The first-order chi connectivity index (χ1) is 64.1. The van der Waals surface area contributed by atoms with E-state index < -0.39 is 41.3 Å². The summed E-state index contributed by atoms with van der Waals surface area (Å²) < 4.78 is 67.5. The molecule has 19 nitrogen and oxygen atoms in total. The molecule has 0 radical (unpaired) electrons. The van der Waals surface area contributed by atoms with Crippen LogP contribution in [-0.2, 0) is 77.8 Å². The highest BCUT2D eigenvalue weighted by Gasteiger charge is 2.40. The lowest BCUT2D eigenvalue weighted by molar-refractivity contribution is -0.174. The zero-order chi connectivity index (χ0) is 99.3. The normalized spacial score (nSPS) is 14.5. The summed E-state index contributed by atoms with van der Waals surface area (Å²) in [6.07, 6.45) is 19.4. The predicted octanol–water partition coefficient (Wildman–Crippen LogP) is 27.6. The highest BCUT2D eigenvalue weighted by Crippen LogP contribution is 2.43. The topological polar surface area (TPSA) is 266 Å². The first kappa shape index (κ1) is 121. The average Bonchev–Trinajstić information content (AvgIpc) is 0.762. The summed E-state index contributed by atoms with van der Waals surface area (Å²) in [7, 11) is 1.77. The Labute approximate surface area is 805 Å². The van der Waals surface area contributed by atoms with Gasteiger partial charge in [0.25, 0.3) is 0 Å². The van der Waals surface area contributed by atoms with E-state index in [0.717, 1.165) is 156 Å². The molecule has 748 valence electrons. The predicted molar refractivity (Wildman–Crippen MR) is 538 cm³/mol. The number of alkyl halides is 1. The third-order valence-corrected chi connectivity index (χ3v) is 21.8. The Morgan fingerprint density at radius 1 is 0.358 bits per heavy atom. The van der Waals surface area contributed by atoms with Crippen molar-refractivity contribution in [2.24, 2.45) is 59.2 Å². The molecule has 0 saturated carbocycles. The van der Waals surface area contributed by atoms with E-state index in [9.17, 15) is 33.2 Å². The highest BCUT2D eigenvalue weighted by atomic mass is 19.1. The van der Waals surface area contributed by atoms with Gasteiger partial charge in [-0.25, -0.2) is 9.18 Å². The van der Waals surface area contributed by atoms with E-state index in [-0.39, 0.29) is 61.4 Å². The summed E-state index contributed by atoms with van der Waals surface area (Å²) in [6.45, 7) is 39.8. The number of aliphatic carboxylic acids is 4. The van der Waals surface area contributed by atoms with Gasteiger partial charge in [-0.15, -0.1) is 0 Å². The van der Waals surface area contributed by atoms with Gasteiger partial charge in [-0.1, -0.05) is 350 Å². The lowest BCUT2D eigenvalue weighted by atomic mass is 9.80. The van der Waals surface area contributed by atoms with E-state index in [1.807, 2.05) is 133 Å². The van der Waals surface area contributed by atoms with Gasteiger partial charge in [0.15, 0.2) is 12.6 Å². The van der Waals surface area contributed by atoms with Crippen LogP contribution in [0.3, 0.4) is 0 Å². The number of hydrogen-bond acceptors (Lipinski definition) is 15. The molecule has 6 atom stereocenters. The summed E-state index contributed by atoms with van der Waals surface area (Å²) in [6, 6.07) is 70.8. The van der Waals surface area contributed by atoms with Gasteiger partial charge in [-0.3, -0.25) is 24.0 Å². The van der Waals surface area contributed by atoms with Crippen molar-refractivity contribution in [3.63, 3.8) is 0 Å². The Morgan fingerprint density at radius 2 is 0.701 bits per heavy atom. The monoisotopic (exact) mass is 1860 g/mol. The molecule has 0 bridgehead atoms. The Morgan fingerprint density at radius 3 is 1.01 bits per heavy atom. The third-order valence-electron chi connectivity index (χ3n) is 21.8. The minimum absolute atomic E-state index is 0.0514. The molecule has 6 unspecified atom stereocenters. The van der Waals surface area contributed by atoms with Gasteiger partial charge < -0.3 is 63.1 Å². The SMILES string of the molecule is CC(C)CC(=O)O.CC(C)CC(COC(=O)c1ccccc1)COC1CCCCO1.CC(C)CC(F)COC(c1ccccc1)(c1ccccc1)c1ccccc1.CC(C)CCC(=O)O.CC(C)CCCC(=O)O.CC(C)CCCCC(=O)O.CCCCCC(=O)OCC(COC1CCCCO1)CC(C)C.COC(COC(c1ccccc1)(c1ccccc1)c1ccccc1)CC(C)C. The molecule has 7 aromatic rings. The largest absolute Gasteiger partial charge is 0.481 e. The number of methoxy groups -OCH3 is 1. The number of halogens is 1. The molecule has 2 heterocycles. The lowest BCUT2D eigenvalue weighted by Gasteiger charge is -2.37. The van der Waals surface area contributed by atoms with Crippen molar-refractivity contribution in [3.8, 4) is 0 Å². The van der Waals surface area contributed by atoms with Gasteiger partial charge >= 0.3 is 35.8 Å². The summed E-state index contributed by atoms with van der Waals surface area (Å²) >= 11 is 0. The minimum Gasteiger partial charge on any atom is -0.481 e. The van der Waals surface area contributed by atoms with Crippen molar-refractivity contribution in [1.82, 2.24) is 0 Å². The first-order valence-electron chi connectivity index (χ1n) is 49.6. The fourth-order valence-corrected chi connectivity index (χ4v) is 15.1. The molecule has 2 fully saturated rings. The van der Waals surface area contributed by atoms with E-state index in [4.69, 9.17) is 63.1 Å². The fraction of sp³-hybridized carbons (Fsp3) is 0.579. The molecule has 9 rings (SSSR count). The van der Waals surface area contributed by atoms with Crippen molar-refractivity contribution in [2.75, 3.05) is 60.0 Å². The maximum absolute atomic E-state index is 14.6. The smallest absolute Gasteiger partial charge is 0.338 e. The van der Waals surface area contributed by atoms with Gasteiger partial charge in [0.1, 0.15) is 17.4 Å². The quantitative estimate of drug-likeness (QED) is 0.0157. The average molecular weight is 1860 g/mol. The van der Waals surface area contributed by atoms with Gasteiger partial charge in [0, 0.05) is 64.3 Å². The molecular formula is C114H171FO19. The van der Waals surface area contributed by atoms with Gasteiger partial charge in [-0.2, -0.15) is 0 Å². The van der Waals surface area contributed by atoms with Crippen LogP contribution in [0.4, 0.5) is 4.39 Å². The molecule has 4 N–H and O–H groups in total. The number of ether oxygens (including phenoxy) is 9. The summed E-state index contributed by atoms with van der Waals surface area (Å²) in [5, 5.41) is 32.8. The zero-order valence-corrected chi connectivity index (χ0v) is 84.7. The second kappa shape index (κ2) is 73.3. The van der Waals surface area contributed by atoms with Crippen LogP contribution in [0.2, 0.25) is 0 Å². The molecule has 20 heteroatoms. The minimum atomic E-state index is -1.000. The molecule has 2 aliphatic heterocycles. The van der Waals surface area contributed by atoms with E-state index in [0.29, 0.717) is 112 Å². The second-order valence-electron chi connectivity index (χ2n) is 38.3. The number of carboxylic acids is 4. The van der Waals surface area contributed by atoms with Crippen LogP contribution >= 0.6 is 0 Å². The van der Waals surface area contributed by atoms with Crippen LogP contribution in [-0.4, -0.2) is 141 Å². The summed E-state index contributed by atoms with van der Waals surface area (Å²) in [4.78, 5) is 63.5. The van der Waals surface area contributed by atoms with Crippen LogP contribution in [0.1, 0.15) is 316 Å². The number of hydrogen-bond donors (Lipinski definition) is 4. The van der Waals surface area contributed by atoms with E-state index in [1.54, 1.807) is 19.2 Å². The molecular weight excluding hydrogens is 1690 g/mol. The van der Waals surface area contributed by atoms with Crippen LogP contribution in [0.5, 0.6) is 0 Å². The molecule has 7 aromatic carbocycles. The molecule has 2 aliphatic rings. The Hall–Kier alpha value is -8.99. The summed E-state index contributed by atoms with van der Waals surface area (Å²) in [5.74, 6) is 1.41.